The lowest BCUT2D eigenvalue weighted by atomic mass is 10.0. The number of hydrogen-bond acceptors (Lipinski definition) is 5. The van der Waals surface area contributed by atoms with Gasteiger partial charge in [-0.05, 0) is 43.0 Å². The van der Waals surface area contributed by atoms with Gasteiger partial charge < -0.3 is 10.1 Å². The Kier molecular flexibility index (Phi) is 6.33. The van der Waals surface area contributed by atoms with E-state index in [0.717, 1.165) is 23.0 Å². The molecule has 0 aromatic heterocycles. The van der Waals surface area contributed by atoms with Gasteiger partial charge in [0.25, 0.3) is 0 Å². The van der Waals surface area contributed by atoms with Gasteiger partial charge in [-0.25, -0.2) is 15.8 Å². The average Bonchev–Trinajstić information content (AvgIpc) is 3.11. The number of hydrogen-bond donors (Lipinski definition) is 3. The number of para-hydroxylation sites is 1. The van der Waals surface area contributed by atoms with E-state index in [1.165, 1.54) is 5.56 Å². The highest BCUT2D eigenvalue weighted by Gasteiger charge is 2.24. The monoisotopic (exact) mass is 356 g/mol. The second kappa shape index (κ2) is 8.89. The summed E-state index contributed by atoms with van der Waals surface area (Å²) in [6.45, 7) is 2.68. The molecule has 1 aliphatic heterocycles. The normalized spacial score (nSPS) is 20.5. The second-order valence-electron chi connectivity index (χ2n) is 5.72. The number of nitrogens with one attached hydrogen (secondary N) is 3. The van der Waals surface area contributed by atoms with Crippen LogP contribution in [0.3, 0.4) is 0 Å². The second-order valence-corrected chi connectivity index (χ2v) is 6.52. The number of anilines is 1. The first kappa shape index (κ1) is 17.8. The first-order valence-electron chi connectivity index (χ1n) is 8.46. The van der Waals surface area contributed by atoms with Crippen molar-refractivity contribution in [3.8, 4) is 5.75 Å². The lowest BCUT2D eigenvalue weighted by Crippen LogP contribution is -2.30. The topological polar surface area (TPSA) is 57.7 Å². The molecule has 0 radical (unpaired) electrons. The first-order chi connectivity index (χ1) is 12.3. The van der Waals surface area contributed by atoms with Crippen LogP contribution in [0.15, 0.2) is 59.6 Å². The van der Waals surface area contributed by atoms with Gasteiger partial charge in [0, 0.05) is 18.2 Å². The largest absolute Gasteiger partial charge is 0.494 e. The molecule has 3 N–H and O–H groups in total. The molecule has 0 aliphatic carbocycles. The van der Waals surface area contributed by atoms with Crippen LogP contribution in [0.25, 0.3) is 0 Å². The Hall–Kier alpha value is -2.02. The van der Waals surface area contributed by atoms with Crippen LogP contribution in [0.4, 0.5) is 5.69 Å². The van der Waals surface area contributed by atoms with Gasteiger partial charge in [0.1, 0.15) is 11.9 Å². The van der Waals surface area contributed by atoms with Crippen LogP contribution in [-0.4, -0.2) is 24.2 Å². The molecule has 3 rings (SSSR count). The number of rotatable bonds is 5. The molecule has 25 heavy (non-hydrogen) atoms. The summed E-state index contributed by atoms with van der Waals surface area (Å²) in [4.78, 5) is 4.78. The van der Waals surface area contributed by atoms with Gasteiger partial charge in [0.15, 0.2) is 5.17 Å². The van der Waals surface area contributed by atoms with Crippen molar-refractivity contribution in [3.05, 3.63) is 60.2 Å². The fourth-order valence-corrected chi connectivity index (χ4v) is 3.18. The van der Waals surface area contributed by atoms with Crippen LogP contribution < -0.4 is 20.9 Å². The van der Waals surface area contributed by atoms with Crippen molar-refractivity contribution in [1.82, 2.24) is 10.9 Å². The Labute approximate surface area is 153 Å². The molecule has 2 unspecified atom stereocenters. The van der Waals surface area contributed by atoms with E-state index in [-0.39, 0.29) is 12.2 Å². The van der Waals surface area contributed by atoms with Crippen molar-refractivity contribution < 1.29 is 4.74 Å². The van der Waals surface area contributed by atoms with E-state index in [1.807, 2.05) is 55.6 Å². The fourth-order valence-electron chi connectivity index (χ4n) is 2.73. The predicted molar refractivity (Wildman–Crippen MR) is 106 cm³/mol. The van der Waals surface area contributed by atoms with Crippen molar-refractivity contribution in [2.45, 2.75) is 25.6 Å². The highest BCUT2D eigenvalue weighted by molar-refractivity contribution is 8.13. The van der Waals surface area contributed by atoms with Crippen LogP contribution in [0.1, 0.15) is 24.9 Å². The van der Waals surface area contributed by atoms with E-state index in [1.54, 1.807) is 11.8 Å². The summed E-state index contributed by atoms with van der Waals surface area (Å²) in [5, 5.41) is 4.26. The summed E-state index contributed by atoms with van der Waals surface area (Å²) >= 11 is 1.61. The third-order valence-corrected chi connectivity index (χ3v) is 4.56. The number of ether oxygens (including phenoxy) is 1. The van der Waals surface area contributed by atoms with Crippen molar-refractivity contribution in [1.29, 1.82) is 0 Å². The summed E-state index contributed by atoms with van der Waals surface area (Å²) < 4.78 is 5.50. The minimum Gasteiger partial charge on any atom is -0.494 e. The lowest BCUT2D eigenvalue weighted by Gasteiger charge is -2.11. The average molecular weight is 356 g/mol. The molecule has 1 saturated heterocycles. The van der Waals surface area contributed by atoms with Crippen LogP contribution in [0.2, 0.25) is 0 Å². The number of amidine groups is 1. The molecule has 2 atom stereocenters. The molecule has 0 amide bonds. The van der Waals surface area contributed by atoms with Gasteiger partial charge in [-0.2, -0.15) is 0 Å². The molecule has 2 aromatic rings. The van der Waals surface area contributed by atoms with Crippen LogP contribution in [0, 0.1) is 0 Å². The zero-order chi connectivity index (χ0) is 17.5. The van der Waals surface area contributed by atoms with Gasteiger partial charge in [-0.3, -0.25) is 0 Å². The number of nitrogens with zero attached hydrogens (tertiary/aromatic N) is 1. The van der Waals surface area contributed by atoms with Crippen LogP contribution >= 0.6 is 11.8 Å². The predicted octanol–water partition coefficient (Wildman–Crippen LogP) is 3.78. The standard InChI is InChI=1S/C19H24N4OS/c1-3-24-16-11-9-14(10-12-16)17-13-18(23-22-17)21-19(25-2)20-15-7-5-4-6-8-15/h4-12,17-18,22-23H,3,13H2,1-2H3,(H,20,21). The minimum absolute atomic E-state index is 0.0373. The summed E-state index contributed by atoms with van der Waals surface area (Å²) in [6, 6.07) is 18.6. The Morgan fingerprint density at radius 1 is 1.16 bits per heavy atom. The van der Waals surface area contributed by atoms with Crippen LogP contribution in [-0.2, 0) is 0 Å². The zero-order valence-corrected chi connectivity index (χ0v) is 15.3. The summed E-state index contributed by atoms with van der Waals surface area (Å²) in [6.07, 6.45) is 2.96. The van der Waals surface area contributed by atoms with E-state index in [4.69, 9.17) is 9.73 Å². The van der Waals surface area contributed by atoms with Crippen molar-refractivity contribution in [3.63, 3.8) is 0 Å². The van der Waals surface area contributed by atoms with Gasteiger partial charge in [0.05, 0.1) is 6.61 Å². The van der Waals surface area contributed by atoms with E-state index < -0.39 is 0 Å². The highest BCUT2D eigenvalue weighted by atomic mass is 32.2. The van der Waals surface area contributed by atoms with Crippen molar-refractivity contribution in [2.24, 2.45) is 4.99 Å². The van der Waals surface area contributed by atoms with Gasteiger partial charge in [-0.15, -0.1) is 0 Å². The zero-order valence-electron chi connectivity index (χ0n) is 14.5. The molecule has 0 bridgehead atoms. The molecule has 5 nitrogen and oxygen atoms in total. The summed E-state index contributed by atoms with van der Waals surface area (Å²) in [5.74, 6) is 0.906. The van der Waals surface area contributed by atoms with Gasteiger partial charge in [0.2, 0.25) is 0 Å². The minimum atomic E-state index is 0.0373. The molecule has 0 spiro atoms. The highest BCUT2D eigenvalue weighted by Crippen LogP contribution is 2.25. The van der Waals surface area contributed by atoms with E-state index in [2.05, 4.69) is 28.3 Å². The smallest absolute Gasteiger partial charge is 0.162 e. The SMILES string of the molecule is CCOc1ccc(C2CC(/N=C(/Nc3ccccc3)SC)NN2)cc1. The Balaban J connectivity index is 1.61. The summed E-state index contributed by atoms with van der Waals surface area (Å²) in [5.41, 5.74) is 8.88. The number of hydrazine groups is 1. The molecular weight excluding hydrogens is 332 g/mol. The third-order valence-electron chi connectivity index (χ3n) is 3.97. The Bertz CT molecular complexity index is 690. The maximum absolute atomic E-state index is 5.50. The molecule has 1 aliphatic rings. The third kappa shape index (κ3) is 4.98. The fraction of sp³-hybridized carbons (Fsp3) is 0.316. The molecule has 1 fully saturated rings. The maximum atomic E-state index is 5.50. The number of thioether (sulfide) groups is 1. The Morgan fingerprint density at radius 3 is 2.60 bits per heavy atom. The molecule has 1 heterocycles. The lowest BCUT2D eigenvalue weighted by molar-refractivity contribution is 0.340. The molecule has 0 saturated carbocycles. The van der Waals surface area contributed by atoms with Gasteiger partial charge in [-0.1, -0.05) is 42.1 Å². The maximum Gasteiger partial charge on any atom is 0.162 e. The molecular formula is C19H24N4OS. The molecule has 132 valence electrons. The molecule has 2 aromatic carbocycles. The van der Waals surface area contributed by atoms with Crippen LogP contribution in [0.5, 0.6) is 5.75 Å². The van der Waals surface area contributed by atoms with E-state index >= 15 is 0 Å². The van der Waals surface area contributed by atoms with Gasteiger partial charge >= 0.3 is 0 Å². The first-order valence-corrected chi connectivity index (χ1v) is 9.68. The Morgan fingerprint density at radius 2 is 1.92 bits per heavy atom. The molecule has 6 heteroatoms. The van der Waals surface area contributed by atoms with E-state index in [0.29, 0.717) is 6.61 Å². The number of aliphatic imine (C=N–C) groups is 1. The quantitative estimate of drug-likeness (QED) is 0.562. The number of benzene rings is 2. The van der Waals surface area contributed by atoms with Crippen molar-refractivity contribution in [2.75, 3.05) is 18.2 Å². The summed E-state index contributed by atoms with van der Waals surface area (Å²) in [7, 11) is 0. The van der Waals surface area contributed by atoms with E-state index in [9.17, 15) is 0 Å². The van der Waals surface area contributed by atoms with Crippen molar-refractivity contribution >= 4 is 22.6 Å².